The average Bonchev–Trinajstić information content (AvgIpc) is 2.86. The molecule has 1 aliphatic rings. The highest BCUT2D eigenvalue weighted by atomic mass is 16.2. The van der Waals surface area contributed by atoms with Crippen LogP contribution in [-0.2, 0) is 6.54 Å². The summed E-state index contributed by atoms with van der Waals surface area (Å²) in [5, 5.41) is 5.76. The van der Waals surface area contributed by atoms with Gasteiger partial charge in [0.25, 0.3) is 0 Å². The minimum absolute atomic E-state index is 0.138. The maximum Gasteiger partial charge on any atom is 0.319 e. The van der Waals surface area contributed by atoms with Gasteiger partial charge in [-0.2, -0.15) is 0 Å². The van der Waals surface area contributed by atoms with Gasteiger partial charge in [0.2, 0.25) is 0 Å². The van der Waals surface area contributed by atoms with E-state index in [0.717, 1.165) is 17.7 Å². The van der Waals surface area contributed by atoms with Crippen LogP contribution in [0.25, 0.3) is 0 Å². The standard InChI is InChI=1S/C13H19N3O/c1-13(2)7-11(13)16-12(17)15-10-5-3-9(8-14)4-6-10/h3-6,11H,7-8,14H2,1-2H3,(H2,15,16,17). The van der Waals surface area contributed by atoms with Crippen LogP contribution in [0.3, 0.4) is 0 Å². The van der Waals surface area contributed by atoms with Crippen LogP contribution in [0.4, 0.5) is 10.5 Å². The average molecular weight is 233 g/mol. The Bertz CT molecular complexity index is 411. The minimum Gasteiger partial charge on any atom is -0.335 e. The second kappa shape index (κ2) is 4.37. The van der Waals surface area contributed by atoms with Gasteiger partial charge in [-0.1, -0.05) is 26.0 Å². The number of carbonyl (C=O) groups is 1. The molecule has 0 aliphatic heterocycles. The molecule has 0 bridgehead atoms. The zero-order valence-corrected chi connectivity index (χ0v) is 10.3. The first-order chi connectivity index (χ1) is 8.01. The van der Waals surface area contributed by atoms with Crippen molar-refractivity contribution in [3.63, 3.8) is 0 Å². The Labute approximate surface area is 102 Å². The Kier molecular flexibility index (Phi) is 3.07. The van der Waals surface area contributed by atoms with Crippen LogP contribution in [-0.4, -0.2) is 12.1 Å². The molecule has 1 saturated carbocycles. The minimum atomic E-state index is -0.138. The third-order valence-electron chi connectivity index (χ3n) is 3.27. The van der Waals surface area contributed by atoms with Crippen molar-refractivity contribution in [2.75, 3.05) is 5.32 Å². The Morgan fingerprint density at radius 2 is 2.00 bits per heavy atom. The molecule has 4 heteroatoms. The topological polar surface area (TPSA) is 67.2 Å². The zero-order valence-electron chi connectivity index (χ0n) is 10.3. The molecule has 2 rings (SSSR count). The van der Waals surface area contributed by atoms with Gasteiger partial charge in [0, 0.05) is 18.3 Å². The number of nitrogens with one attached hydrogen (secondary N) is 2. The summed E-state index contributed by atoms with van der Waals surface area (Å²) in [6.07, 6.45) is 1.05. The third kappa shape index (κ3) is 2.97. The van der Waals surface area contributed by atoms with Crippen molar-refractivity contribution in [1.82, 2.24) is 5.32 Å². The Hall–Kier alpha value is -1.55. The summed E-state index contributed by atoms with van der Waals surface area (Å²) in [6.45, 7) is 4.81. The highest BCUT2D eigenvalue weighted by molar-refractivity contribution is 5.89. The first kappa shape index (κ1) is 11.9. The van der Waals surface area contributed by atoms with Crippen molar-refractivity contribution in [3.05, 3.63) is 29.8 Å². The van der Waals surface area contributed by atoms with Gasteiger partial charge in [-0.3, -0.25) is 0 Å². The molecule has 92 valence electrons. The molecule has 1 fully saturated rings. The molecule has 4 N–H and O–H groups in total. The predicted octanol–water partition coefficient (Wildman–Crippen LogP) is 2.07. The van der Waals surface area contributed by atoms with E-state index in [2.05, 4.69) is 24.5 Å². The highest BCUT2D eigenvalue weighted by Gasteiger charge is 2.46. The number of urea groups is 1. The molecule has 4 nitrogen and oxygen atoms in total. The van der Waals surface area contributed by atoms with E-state index in [1.165, 1.54) is 0 Å². The number of nitrogens with two attached hydrogens (primary N) is 1. The van der Waals surface area contributed by atoms with E-state index >= 15 is 0 Å². The lowest BCUT2D eigenvalue weighted by Crippen LogP contribution is -2.32. The molecule has 0 spiro atoms. The van der Waals surface area contributed by atoms with Crippen molar-refractivity contribution < 1.29 is 4.79 Å². The van der Waals surface area contributed by atoms with Crippen LogP contribution in [0.5, 0.6) is 0 Å². The number of hydrogen-bond acceptors (Lipinski definition) is 2. The van der Waals surface area contributed by atoms with Crippen LogP contribution in [0.2, 0.25) is 0 Å². The molecule has 0 aromatic heterocycles. The van der Waals surface area contributed by atoms with Crippen LogP contribution in [0, 0.1) is 5.41 Å². The van der Waals surface area contributed by atoms with Crippen LogP contribution >= 0.6 is 0 Å². The number of anilines is 1. The number of rotatable bonds is 3. The van der Waals surface area contributed by atoms with Crippen LogP contribution < -0.4 is 16.4 Å². The van der Waals surface area contributed by atoms with Gasteiger partial charge in [0.15, 0.2) is 0 Å². The number of carbonyl (C=O) groups excluding carboxylic acids is 1. The van der Waals surface area contributed by atoms with Crippen molar-refractivity contribution in [2.24, 2.45) is 11.1 Å². The molecular weight excluding hydrogens is 214 g/mol. The van der Waals surface area contributed by atoms with Crippen molar-refractivity contribution in [3.8, 4) is 0 Å². The van der Waals surface area contributed by atoms with Gasteiger partial charge in [-0.05, 0) is 29.5 Å². The van der Waals surface area contributed by atoms with Gasteiger partial charge >= 0.3 is 6.03 Å². The van der Waals surface area contributed by atoms with Crippen molar-refractivity contribution >= 4 is 11.7 Å². The zero-order chi connectivity index (χ0) is 12.5. The first-order valence-electron chi connectivity index (χ1n) is 5.88. The molecule has 17 heavy (non-hydrogen) atoms. The summed E-state index contributed by atoms with van der Waals surface area (Å²) in [4.78, 5) is 11.7. The molecule has 2 amide bonds. The summed E-state index contributed by atoms with van der Waals surface area (Å²) in [5.74, 6) is 0. The van der Waals surface area contributed by atoms with E-state index in [0.29, 0.717) is 12.6 Å². The maximum atomic E-state index is 11.7. The fraction of sp³-hybridized carbons (Fsp3) is 0.462. The number of hydrogen-bond donors (Lipinski definition) is 3. The molecule has 0 saturated heterocycles. The van der Waals surface area contributed by atoms with Crippen LogP contribution in [0.1, 0.15) is 25.8 Å². The van der Waals surface area contributed by atoms with Gasteiger partial charge in [0.05, 0.1) is 0 Å². The summed E-state index contributed by atoms with van der Waals surface area (Å²) < 4.78 is 0. The largest absolute Gasteiger partial charge is 0.335 e. The predicted molar refractivity (Wildman–Crippen MR) is 68.7 cm³/mol. The highest BCUT2D eigenvalue weighted by Crippen LogP contribution is 2.44. The SMILES string of the molecule is CC1(C)CC1NC(=O)Nc1ccc(CN)cc1. The molecule has 1 aromatic rings. The van der Waals surface area contributed by atoms with Gasteiger partial charge in [-0.25, -0.2) is 4.79 Å². The van der Waals surface area contributed by atoms with Gasteiger partial charge < -0.3 is 16.4 Å². The Morgan fingerprint density at radius 1 is 1.41 bits per heavy atom. The number of benzene rings is 1. The smallest absolute Gasteiger partial charge is 0.319 e. The molecular formula is C13H19N3O. The second-order valence-electron chi connectivity index (χ2n) is 5.24. The first-order valence-corrected chi connectivity index (χ1v) is 5.88. The fourth-order valence-electron chi connectivity index (χ4n) is 1.76. The molecule has 1 aromatic carbocycles. The monoisotopic (exact) mass is 233 g/mol. The molecule has 1 atom stereocenters. The van der Waals surface area contributed by atoms with E-state index in [9.17, 15) is 4.79 Å². The van der Waals surface area contributed by atoms with Crippen LogP contribution in [0.15, 0.2) is 24.3 Å². The van der Waals surface area contributed by atoms with Crippen molar-refractivity contribution in [2.45, 2.75) is 32.9 Å². The molecule has 1 unspecified atom stereocenters. The summed E-state index contributed by atoms with van der Waals surface area (Å²) in [7, 11) is 0. The third-order valence-corrected chi connectivity index (χ3v) is 3.27. The van der Waals surface area contributed by atoms with E-state index in [1.54, 1.807) is 0 Å². The summed E-state index contributed by atoms with van der Waals surface area (Å²) in [6, 6.07) is 7.71. The second-order valence-corrected chi connectivity index (χ2v) is 5.24. The molecule has 0 radical (unpaired) electrons. The summed E-state index contributed by atoms with van der Waals surface area (Å²) in [5.41, 5.74) is 7.60. The Balaban J connectivity index is 1.85. The molecule has 0 heterocycles. The lowest BCUT2D eigenvalue weighted by atomic mass is 10.2. The maximum absolute atomic E-state index is 11.7. The lowest BCUT2D eigenvalue weighted by molar-refractivity contribution is 0.250. The van der Waals surface area contributed by atoms with Gasteiger partial charge in [0.1, 0.15) is 0 Å². The summed E-state index contributed by atoms with van der Waals surface area (Å²) >= 11 is 0. The Morgan fingerprint density at radius 3 is 2.47 bits per heavy atom. The van der Waals surface area contributed by atoms with E-state index < -0.39 is 0 Å². The molecule has 1 aliphatic carbocycles. The quantitative estimate of drug-likeness (QED) is 0.748. The van der Waals surface area contributed by atoms with E-state index in [4.69, 9.17) is 5.73 Å². The van der Waals surface area contributed by atoms with Crippen molar-refractivity contribution in [1.29, 1.82) is 0 Å². The fourth-order valence-corrected chi connectivity index (χ4v) is 1.76. The number of amides is 2. The van der Waals surface area contributed by atoms with Gasteiger partial charge in [-0.15, -0.1) is 0 Å². The van der Waals surface area contributed by atoms with E-state index in [1.807, 2.05) is 24.3 Å². The lowest BCUT2D eigenvalue weighted by Gasteiger charge is -2.09. The van der Waals surface area contributed by atoms with E-state index in [-0.39, 0.29) is 11.4 Å². The normalized spacial score (nSPS) is 20.8.